The number of hydrogen-bond acceptors (Lipinski definition) is 8. The summed E-state index contributed by atoms with van der Waals surface area (Å²) < 4.78 is 7.26. The van der Waals surface area contributed by atoms with Gasteiger partial charge in [0, 0.05) is 38.9 Å². The SMILES string of the molecule is Cc1cc(N2CCC[C@@H](c3nc(N(C)C)no3)C2)n2ncnc2n1. The van der Waals surface area contributed by atoms with Crippen LogP contribution in [-0.4, -0.2) is 56.9 Å². The van der Waals surface area contributed by atoms with Crippen molar-refractivity contribution in [2.75, 3.05) is 37.0 Å². The fourth-order valence-electron chi connectivity index (χ4n) is 3.10. The van der Waals surface area contributed by atoms with E-state index in [0.717, 1.165) is 37.4 Å². The van der Waals surface area contributed by atoms with E-state index >= 15 is 0 Å². The first-order valence-corrected chi connectivity index (χ1v) is 8.05. The summed E-state index contributed by atoms with van der Waals surface area (Å²) in [5.41, 5.74) is 0.931. The minimum absolute atomic E-state index is 0.215. The van der Waals surface area contributed by atoms with Crippen molar-refractivity contribution >= 4 is 17.5 Å². The number of piperidine rings is 1. The Morgan fingerprint density at radius 2 is 2.17 bits per heavy atom. The van der Waals surface area contributed by atoms with Crippen LogP contribution in [0.25, 0.3) is 5.78 Å². The van der Waals surface area contributed by atoms with Crippen LogP contribution < -0.4 is 9.80 Å². The average molecular weight is 328 g/mol. The molecule has 1 aliphatic rings. The molecule has 4 rings (SSSR count). The van der Waals surface area contributed by atoms with Crippen molar-refractivity contribution in [3.63, 3.8) is 0 Å². The Morgan fingerprint density at radius 3 is 2.96 bits per heavy atom. The van der Waals surface area contributed by atoms with E-state index in [4.69, 9.17) is 4.52 Å². The predicted octanol–water partition coefficient (Wildman–Crippen LogP) is 1.27. The summed E-state index contributed by atoms with van der Waals surface area (Å²) in [4.78, 5) is 17.3. The van der Waals surface area contributed by atoms with Crippen LogP contribution >= 0.6 is 0 Å². The van der Waals surface area contributed by atoms with E-state index in [1.807, 2.05) is 32.0 Å². The summed E-state index contributed by atoms with van der Waals surface area (Å²) in [6.45, 7) is 3.75. The van der Waals surface area contributed by atoms with Gasteiger partial charge in [-0.2, -0.15) is 19.6 Å². The number of nitrogens with zero attached hydrogens (tertiary/aromatic N) is 8. The molecule has 0 saturated carbocycles. The van der Waals surface area contributed by atoms with Crippen LogP contribution in [0.5, 0.6) is 0 Å². The van der Waals surface area contributed by atoms with Crippen molar-refractivity contribution in [3.05, 3.63) is 24.0 Å². The molecule has 0 aromatic carbocycles. The molecule has 0 aliphatic carbocycles. The number of anilines is 2. The average Bonchev–Trinajstić information content (AvgIpc) is 3.23. The highest BCUT2D eigenvalue weighted by Crippen LogP contribution is 2.30. The Morgan fingerprint density at radius 1 is 1.29 bits per heavy atom. The molecule has 1 fully saturated rings. The van der Waals surface area contributed by atoms with Crippen molar-refractivity contribution in [2.45, 2.75) is 25.7 Å². The van der Waals surface area contributed by atoms with Gasteiger partial charge >= 0.3 is 0 Å². The first-order chi connectivity index (χ1) is 11.6. The fraction of sp³-hybridized carbons (Fsp3) is 0.533. The van der Waals surface area contributed by atoms with Crippen LogP contribution in [0.1, 0.15) is 30.3 Å². The molecule has 9 heteroatoms. The Kier molecular flexibility index (Phi) is 3.55. The molecular weight excluding hydrogens is 308 g/mol. The van der Waals surface area contributed by atoms with Crippen molar-refractivity contribution in [1.82, 2.24) is 29.7 Å². The van der Waals surface area contributed by atoms with Crippen LogP contribution in [0.2, 0.25) is 0 Å². The Bertz CT molecular complexity index is 854. The third-order valence-electron chi connectivity index (χ3n) is 4.29. The maximum Gasteiger partial charge on any atom is 0.265 e. The third-order valence-corrected chi connectivity index (χ3v) is 4.29. The number of fused-ring (bicyclic) bond motifs is 1. The van der Waals surface area contributed by atoms with Gasteiger partial charge in [-0.3, -0.25) is 0 Å². The first-order valence-electron chi connectivity index (χ1n) is 8.05. The lowest BCUT2D eigenvalue weighted by Gasteiger charge is -2.32. The van der Waals surface area contributed by atoms with Gasteiger partial charge in [0.05, 0.1) is 5.92 Å². The Hall–Kier alpha value is -2.71. The van der Waals surface area contributed by atoms with E-state index in [-0.39, 0.29) is 5.92 Å². The smallest absolute Gasteiger partial charge is 0.265 e. The first kappa shape index (κ1) is 14.9. The standard InChI is InChI=1S/C15H20N8O/c1-10-7-12(23-14(18-10)16-9-17-23)22-6-4-5-11(8-22)13-19-15(20-24-13)21(2)3/h7,9,11H,4-6,8H2,1-3H3/t11-/m1/s1. The molecule has 24 heavy (non-hydrogen) atoms. The third kappa shape index (κ3) is 2.55. The zero-order chi connectivity index (χ0) is 16.7. The number of aromatic nitrogens is 6. The van der Waals surface area contributed by atoms with Gasteiger partial charge in [-0.1, -0.05) is 0 Å². The van der Waals surface area contributed by atoms with Crippen LogP contribution in [-0.2, 0) is 0 Å². The van der Waals surface area contributed by atoms with Crippen molar-refractivity contribution in [3.8, 4) is 0 Å². The van der Waals surface area contributed by atoms with Crippen molar-refractivity contribution in [1.29, 1.82) is 0 Å². The van der Waals surface area contributed by atoms with Gasteiger partial charge in [-0.15, -0.1) is 0 Å². The van der Waals surface area contributed by atoms with Gasteiger partial charge in [0.1, 0.15) is 12.1 Å². The van der Waals surface area contributed by atoms with Crippen LogP contribution in [0.3, 0.4) is 0 Å². The zero-order valence-corrected chi connectivity index (χ0v) is 14.0. The van der Waals surface area contributed by atoms with Crippen LogP contribution in [0.4, 0.5) is 11.8 Å². The van der Waals surface area contributed by atoms with E-state index in [0.29, 0.717) is 17.6 Å². The molecule has 0 bridgehead atoms. The van der Waals surface area contributed by atoms with Gasteiger partial charge in [0.25, 0.3) is 11.7 Å². The Balaban J connectivity index is 1.63. The molecule has 3 aromatic rings. The lowest BCUT2D eigenvalue weighted by Crippen LogP contribution is -2.36. The molecule has 0 spiro atoms. The maximum atomic E-state index is 5.47. The van der Waals surface area contributed by atoms with Crippen molar-refractivity contribution < 1.29 is 4.52 Å². The topological polar surface area (TPSA) is 88.5 Å². The van der Waals surface area contributed by atoms with Gasteiger partial charge in [-0.05, 0) is 24.9 Å². The summed E-state index contributed by atoms with van der Waals surface area (Å²) in [5.74, 6) is 3.16. The summed E-state index contributed by atoms with van der Waals surface area (Å²) >= 11 is 0. The maximum absolute atomic E-state index is 5.47. The second kappa shape index (κ2) is 5.73. The summed E-state index contributed by atoms with van der Waals surface area (Å²) in [6, 6.07) is 2.04. The largest absolute Gasteiger partial charge is 0.356 e. The normalized spacial score (nSPS) is 18.3. The molecule has 4 heterocycles. The second-order valence-corrected chi connectivity index (χ2v) is 6.34. The highest BCUT2D eigenvalue weighted by molar-refractivity contribution is 5.47. The van der Waals surface area contributed by atoms with E-state index in [1.54, 1.807) is 4.52 Å². The van der Waals surface area contributed by atoms with Gasteiger partial charge < -0.3 is 14.3 Å². The zero-order valence-electron chi connectivity index (χ0n) is 14.0. The number of rotatable bonds is 3. The molecule has 0 N–H and O–H groups in total. The predicted molar refractivity (Wildman–Crippen MR) is 88.3 cm³/mol. The fourth-order valence-corrected chi connectivity index (χ4v) is 3.10. The molecule has 3 aromatic heterocycles. The minimum atomic E-state index is 0.215. The molecule has 0 radical (unpaired) electrons. The monoisotopic (exact) mass is 328 g/mol. The van der Waals surface area contributed by atoms with E-state index < -0.39 is 0 Å². The van der Waals surface area contributed by atoms with Crippen LogP contribution in [0.15, 0.2) is 16.9 Å². The molecule has 1 aliphatic heterocycles. The molecule has 126 valence electrons. The van der Waals surface area contributed by atoms with Gasteiger partial charge in [0.2, 0.25) is 5.89 Å². The lowest BCUT2D eigenvalue weighted by molar-refractivity contribution is 0.332. The lowest BCUT2D eigenvalue weighted by atomic mass is 9.98. The van der Waals surface area contributed by atoms with Gasteiger partial charge in [0.15, 0.2) is 0 Å². The van der Waals surface area contributed by atoms with Crippen LogP contribution in [0, 0.1) is 6.92 Å². The molecule has 0 amide bonds. The summed E-state index contributed by atoms with van der Waals surface area (Å²) in [6.07, 6.45) is 3.63. The molecule has 1 atom stereocenters. The quantitative estimate of drug-likeness (QED) is 0.710. The van der Waals surface area contributed by atoms with Crippen molar-refractivity contribution in [2.24, 2.45) is 0 Å². The van der Waals surface area contributed by atoms with E-state index in [1.165, 1.54) is 6.33 Å². The molecule has 0 unspecified atom stereocenters. The minimum Gasteiger partial charge on any atom is -0.356 e. The van der Waals surface area contributed by atoms with Gasteiger partial charge in [-0.25, -0.2) is 4.98 Å². The summed E-state index contributed by atoms with van der Waals surface area (Å²) in [5, 5.41) is 8.33. The number of hydrogen-bond donors (Lipinski definition) is 0. The summed E-state index contributed by atoms with van der Waals surface area (Å²) in [7, 11) is 3.81. The Labute approximate surface area is 139 Å². The molecule has 1 saturated heterocycles. The molecule has 9 nitrogen and oxygen atoms in total. The van der Waals surface area contributed by atoms with E-state index in [9.17, 15) is 0 Å². The highest BCUT2D eigenvalue weighted by Gasteiger charge is 2.28. The second-order valence-electron chi connectivity index (χ2n) is 6.34. The number of aryl methyl sites for hydroxylation is 1. The highest BCUT2D eigenvalue weighted by atomic mass is 16.5. The molecular formula is C15H20N8O. The van der Waals surface area contributed by atoms with E-state index in [2.05, 4.69) is 30.1 Å².